The van der Waals surface area contributed by atoms with E-state index in [1.165, 1.54) is 0 Å². The molecule has 1 aliphatic rings. The molecule has 0 unspecified atom stereocenters. The Morgan fingerprint density at radius 2 is 2.21 bits per heavy atom. The molecule has 0 saturated heterocycles. The van der Waals surface area contributed by atoms with Gasteiger partial charge >= 0.3 is 0 Å². The first-order chi connectivity index (χ1) is 9.31. The van der Waals surface area contributed by atoms with Crippen LogP contribution in [0, 0.1) is 0 Å². The maximum Gasteiger partial charge on any atom is 0.129 e. The highest BCUT2D eigenvalue weighted by molar-refractivity contribution is 7.09. The van der Waals surface area contributed by atoms with E-state index in [1.807, 2.05) is 17.6 Å². The van der Waals surface area contributed by atoms with Crippen LogP contribution in [0.1, 0.15) is 29.5 Å². The highest BCUT2D eigenvalue weighted by atomic mass is 32.1. The Kier molecular flexibility index (Phi) is 3.70. The molecule has 2 heterocycles. The van der Waals surface area contributed by atoms with Crippen molar-refractivity contribution >= 4 is 17.2 Å². The largest absolute Gasteiger partial charge is 0.393 e. The Hall–Kier alpha value is -1.53. The van der Waals surface area contributed by atoms with Crippen LogP contribution in [0.2, 0.25) is 0 Å². The molecule has 0 bridgehead atoms. The van der Waals surface area contributed by atoms with E-state index in [0.29, 0.717) is 5.92 Å². The molecule has 2 N–H and O–H groups in total. The van der Waals surface area contributed by atoms with Crippen LogP contribution in [0.25, 0.3) is 0 Å². The molecule has 0 amide bonds. The molecule has 2 aromatic heterocycles. The highest BCUT2D eigenvalue weighted by Crippen LogP contribution is 2.35. The van der Waals surface area contributed by atoms with Crippen LogP contribution in [-0.4, -0.2) is 32.7 Å². The number of aliphatic hydroxyl groups excluding tert-OH is 1. The normalized spacial score (nSPS) is 21.9. The fourth-order valence-electron chi connectivity index (χ4n) is 2.20. The first kappa shape index (κ1) is 12.5. The Bertz CT molecular complexity index is 525. The van der Waals surface area contributed by atoms with Crippen molar-refractivity contribution in [3.05, 3.63) is 34.7 Å². The number of aliphatic hydroxyl groups is 1. The van der Waals surface area contributed by atoms with E-state index in [0.717, 1.165) is 42.3 Å². The molecule has 1 saturated carbocycles. The molecule has 2 aromatic rings. The van der Waals surface area contributed by atoms with Crippen LogP contribution in [0.3, 0.4) is 0 Å². The lowest BCUT2D eigenvalue weighted by atomic mass is 9.80. The smallest absolute Gasteiger partial charge is 0.129 e. The van der Waals surface area contributed by atoms with Crippen molar-refractivity contribution in [1.29, 1.82) is 0 Å². The van der Waals surface area contributed by atoms with Gasteiger partial charge in [0.05, 0.1) is 11.1 Å². The van der Waals surface area contributed by atoms with Crippen molar-refractivity contribution in [1.82, 2.24) is 15.0 Å². The molecule has 100 valence electrons. The topological polar surface area (TPSA) is 70.9 Å². The van der Waals surface area contributed by atoms with Gasteiger partial charge in [0.1, 0.15) is 12.1 Å². The fraction of sp³-hybridized carbons (Fsp3) is 0.462. The molecule has 0 atom stereocenters. The third kappa shape index (κ3) is 3.08. The lowest BCUT2D eigenvalue weighted by molar-refractivity contribution is 0.0732. The number of aromatic nitrogens is 3. The summed E-state index contributed by atoms with van der Waals surface area (Å²) in [6.07, 6.45) is 5.79. The van der Waals surface area contributed by atoms with E-state index >= 15 is 0 Å². The van der Waals surface area contributed by atoms with Crippen molar-refractivity contribution in [3.63, 3.8) is 0 Å². The van der Waals surface area contributed by atoms with Gasteiger partial charge in [-0.25, -0.2) is 15.0 Å². The molecule has 19 heavy (non-hydrogen) atoms. The Labute approximate surface area is 115 Å². The number of nitrogens with zero attached hydrogens (tertiary/aromatic N) is 3. The summed E-state index contributed by atoms with van der Waals surface area (Å²) in [5, 5.41) is 15.7. The van der Waals surface area contributed by atoms with E-state index in [1.54, 1.807) is 17.7 Å². The number of anilines is 1. The Morgan fingerprint density at radius 1 is 1.32 bits per heavy atom. The van der Waals surface area contributed by atoms with Gasteiger partial charge in [-0.15, -0.1) is 11.3 Å². The summed E-state index contributed by atoms with van der Waals surface area (Å²) in [6.45, 7) is 0.817. The molecule has 0 aliphatic heterocycles. The predicted octanol–water partition coefficient (Wildman–Crippen LogP) is 1.83. The van der Waals surface area contributed by atoms with Crippen molar-refractivity contribution in [2.45, 2.75) is 31.3 Å². The van der Waals surface area contributed by atoms with Crippen LogP contribution in [0.15, 0.2) is 24.0 Å². The van der Waals surface area contributed by atoms with Crippen LogP contribution >= 0.6 is 11.3 Å². The zero-order valence-electron chi connectivity index (χ0n) is 10.5. The SMILES string of the molecule is OC1CC(c2cc(NCCc3nccs3)ncn2)C1. The van der Waals surface area contributed by atoms with Gasteiger partial charge in [0, 0.05) is 42.2 Å². The van der Waals surface area contributed by atoms with Gasteiger partial charge in [-0.1, -0.05) is 0 Å². The van der Waals surface area contributed by atoms with E-state index in [-0.39, 0.29) is 6.10 Å². The third-order valence-electron chi connectivity index (χ3n) is 3.35. The summed E-state index contributed by atoms with van der Waals surface area (Å²) < 4.78 is 0. The molecule has 1 fully saturated rings. The summed E-state index contributed by atoms with van der Waals surface area (Å²) in [4.78, 5) is 12.7. The quantitative estimate of drug-likeness (QED) is 0.871. The minimum atomic E-state index is -0.152. The highest BCUT2D eigenvalue weighted by Gasteiger charge is 2.29. The Morgan fingerprint density at radius 3 is 2.95 bits per heavy atom. The lowest BCUT2D eigenvalue weighted by Gasteiger charge is -2.30. The van der Waals surface area contributed by atoms with Crippen LogP contribution in [0.5, 0.6) is 0 Å². The average molecular weight is 276 g/mol. The predicted molar refractivity (Wildman–Crippen MR) is 74.3 cm³/mol. The van der Waals surface area contributed by atoms with Gasteiger partial charge in [-0.05, 0) is 12.8 Å². The second kappa shape index (κ2) is 5.63. The van der Waals surface area contributed by atoms with Gasteiger partial charge in [0.15, 0.2) is 0 Å². The minimum absolute atomic E-state index is 0.152. The maximum atomic E-state index is 9.33. The van der Waals surface area contributed by atoms with Crippen molar-refractivity contribution < 1.29 is 5.11 Å². The molecule has 5 nitrogen and oxygen atoms in total. The van der Waals surface area contributed by atoms with Gasteiger partial charge in [-0.2, -0.15) is 0 Å². The number of thiazole rings is 1. The average Bonchev–Trinajstić information content (AvgIpc) is 2.89. The summed E-state index contributed by atoms with van der Waals surface area (Å²) in [7, 11) is 0. The van der Waals surface area contributed by atoms with Gasteiger partial charge < -0.3 is 10.4 Å². The molecular formula is C13H16N4OS. The molecule has 0 spiro atoms. The molecule has 3 rings (SSSR count). The second-order valence-corrected chi connectivity index (χ2v) is 5.73. The zero-order valence-corrected chi connectivity index (χ0v) is 11.3. The number of hydrogen-bond donors (Lipinski definition) is 2. The van der Waals surface area contributed by atoms with Crippen LogP contribution < -0.4 is 5.32 Å². The van der Waals surface area contributed by atoms with E-state index < -0.39 is 0 Å². The van der Waals surface area contributed by atoms with Gasteiger partial charge in [0.2, 0.25) is 0 Å². The standard InChI is InChI=1S/C13H16N4OS/c18-10-5-9(6-10)11-7-12(17-8-16-11)14-2-1-13-15-3-4-19-13/h3-4,7-10,18H,1-2,5-6H2,(H,14,16,17). The number of nitrogens with one attached hydrogen (secondary N) is 1. The van der Waals surface area contributed by atoms with E-state index in [9.17, 15) is 5.11 Å². The first-order valence-electron chi connectivity index (χ1n) is 6.43. The molecular weight excluding hydrogens is 260 g/mol. The van der Waals surface area contributed by atoms with Crippen LogP contribution in [0.4, 0.5) is 5.82 Å². The fourth-order valence-corrected chi connectivity index (χ4v) is 2.82. The summed E-state index contributed by atoms with van der Waals surface area (Å²) in [5.41, 5.74) is 1.03. The van der Waals surface area contributed by atoms with Crippen molar-refractivity contribution in [2.24, 2.45) is 0 Å². The van der Waals surface area contributed by atoms with Gasteiger partial charge in [0.25, 0.3) is 0 Å². The maximum absolute atomic E-state index is 9.33. The zero-order chi connectivity index (χ0) is 13.1. The molecule has 1 aliphatic carbocycles. The molecule has 6 heteroatoms. The minimum Gasteiger partial charge on any atom is -0.393 e. The van der Waals surface area contributed by atoms with E-state index in [2.05, 4.69) is 20.3 Å². The van der Waals surface area contributed by atoms with Crippen molar-refractivity contribution in [2.75, 3.05) is 11.9 Å². The molecule has 0 aromatic carbocycles. The summed E-state index contributed by atoms with van der Waals surface area (Å²) in [6, 6.07) is 1.98. The number of hydrogen-bond acceptors (Lipinski definition) is 6. The molecule has 0 radical (unpaired) electrons. The summed E-state index contributed by atoms with van der Waals surface area (Å²) in [5.74, 6) is 1.24. The number of rotatable bonds is 5. The lowest BCUT2D eigenvalue weighted by Crippen LogP contribution is -2.27. The monoisotopic (exact) mass is 276 g/mol. The van der Waals surface area contributed by atoms with Crippen LogP contribution in [-0.2, 0) is 6.42 Å². The summed E-state index contributed by atoms with van der Waals surface area (Å²) >= 11 is 1.67. The van der Waals surface area contributed by atoms with E-state index in [4.69, 9.17) is 0 Å². The van der Waals surface area contributed by atoms with Crippen molar-refractivity contribution in [3.8, 4) is 0 Å². The Balaban J connectivity index is 1.54. The van der Waals surface area contributed by atoms with Gasteiger partial charge in [-0.3, -0.25) is 0 Å². The second-order valence-electron chi connectivity index (χ2n) is 4.75. The third-order valence-corrected chi connectivity index (χ3v) is 4.19. The first-order valence-corrected chi connectivity index (χ1v) is 7.31.